The predicted molar refractivity (Wildman–Crippen MR) is 97.3 cm³/mol. The number of fused-ring (bicyclic) bond motifs is 1. The topological polar surface area (TPSA) is 54.9 Å². The molecule has 3 aromatic rings. The van der Waals surface area contributed by atoms with Gasteiger partial charge in [0.05, 0.1) is 10.9 Å². The maximum atomic E-state index is 12.6. The molecule has 7 heteroatoms. The molecule has 0 amide bonds. The van der Waals surface area contributed by atoms with Crippen LogP contribution in [0.3, 0.4) is 0 Å². The molecule has 4 nitrogen and oxygen atoms in total. The van der Waals surface area contributed by atoms with Gasteiger partial charge in [0.15, 0.2) is 4.77 Å². The van der Waals surface area contributed by atoms with Crippen molar-refractivity contribution in [3.8, 4) is 0 Å². The highest BCUT2D eigenvalue weighted by Gasteiger charge is 2.14. The zero-order valence-corrected chi connectivity index (χ0v) is 14.7. The molecule has 3 rings (SSSR count). The molecule has 0 radical (unpaired) electrons. The third kappa shape index (κ3) is 2.73. The van der Waals surface area contributed by atoms with Crippen LogP contribution in [0.5, 0.6) is 0 Å². The SMILES string of the molecule is O=C(c1ccc(Cl)cc1)n1c(=S)[nH]c2ccc(I)cc2c1=O. The van der Waals surface area contributed by atoms with E-state index in [1.807, 2.05) is 6.07 Å². The molecule has 0 aliphatic heterocycles. The van der Waals surface area contributed by atoms with E-state index >= 15 is 0 Å². The molecule has 22 heavy (non-hydrogen) atoms. The molecule has 0 unspecified atom stereocenters. The van der Waals surface area contributed by atoms with Gasteiger partial charge in [0.25, 0.3) is 11.5 Å². The number of hydrogen-bond donors (Lipinski definition) is 1. The number of aromatic nitrogens is 2. The van der Waals surface area contributed by atoms with Crippen molar-refractivity contribution >= 4 is 63.2 Å². The lowest BCUT2D eigenvalue weighted by molar-refractivity contribution is 0.0953. The summed E-state index contributed by atoms with van der Waals surface area (Å²) in [7, 11) is 0. The maximum Gasteiger partial charge on any atom is 0.269 e. The first-order valence-electron chi connectivity index (χ1n) is 6.22. The average Bonchev–Trinajstić information content (AvgIpc) is 2.49. The minimum Gasteiger partial charge on any atom is -0.331 e. The highest BCUT2D eigenvalue weighted by Crippen LogP contribution is 2.14. The van der Waals surface area contributed by atoms with Crippen LogP contribution in [0.2, 0.25) is 5.02 Å². The number of aromatic amines is 1. The van der Waals surface area contributed by atoms with Crippen LogP contribution in [-0.4, -0.2) is 15.5 Å². The lowest BCUT2D eigenvalue weighted by atomic mass is 10.2. The molecule has 2 aromatic carbocycles. The van der Waals surface area contributed by atoms with Gasteiger partial charge in [-0.25, -0.2) is 4.57 Å². The molecular weight excluding hydrogens is 435 g/mol. The van der Waals surface area contributed by atoms with Gasteiger partial charge in [0.2, 0.25) is 0 Å². The van der Waals surface area contributed by atoms with Crippen LogP contribution in [0.4, 0.5) is 0 Å². The molecule has 1 heterocycles. The van der Waals surface area contributed by atoms with Gasteiger partial charge in [0.1, 0.15) is 0 Å². The number of nitrogens with one attached hydrogen (secondary N) is 1. The summed E-state index contributed by atoms with van der Waals surface area (Å²) >= 11 is 13.1. The van der Waals surface area contributed by atoms with Crippen LogP contribution < -0.4 is 5.56 Å². The Labute approximate surface area is 148 Å². The molecule has 0 atom stereocenters. The Kier molecular flexibility index (Phi) is 4.16. The number of carbonyl (C=O) groups excluding carboxylic acids is 1. The number of H-pyrrole nitrogens is 1. The van der Waals surface area contributed by atoms with Crippen LogP contribution in [0.15, 0.2) is 47.3 Å². The molecular formula is C15H8ClIN2O2S. The van der Waals surface area contributed by atoms with Crippen LogP contribution in [0, 0.1) is 8.34 Å². The van der Waals surface area contributed by atoms with Crippen molar-refractivity contribution in [2.45, 2.75) is 0 Å². The minimum atomic E-state index is -0.483. The Hall–Kier alpha value is -1.51. The first kappa shape index (κ1) is 15.4. The van der Waals surface area contributed by atoms with Crippen molar-refractivity contribution in [1.29, 1.82) is 0 Å². The number of carbonyl (C=O) groups is 1. The van der Waals surface area contributed by atoms with Crippen molar-refractivity contribution in [2.75, 3.05) is 0 Å². The zero-order valence-electron chi connectivity index (χ0n) is 11.0. The summed E-state index contributed by atoms with van der Waals surface area (Å²) in [5, 5.41) is 0.935. The van der Waals surface area contributed by atoms with Crippen molar-refractivity contribution < 1.29 is 4.79 Å². The monoisotopic (exact) mass is 442 g/mol. The molecule has 0 fully saturated rings. The van der Waals surface area contributed by atoms with Crippen LogP contribution >= 0.6 is 46.4 Å². The summed E-state index contributed by atoms with van der Waals surface area (Å²) < 4.78 is 1.94. The van der Waals surface area contributed by atoms with Gasteiger partial charge in [0, 0.05) is 14.2 Å². The maximum absolute atomic E-state index is 12.6. The first-order valence-corrected chi connectivity index (χ1v) is 8.09. The van der Waals surface area contributed by atoms with Gasteiger partial charge in [-0.15, -0.1) is 0 Å². The van der Waals surface area contributed by atoms with Gasteiger partial charge in [-0.3, -0.25) is 9.59 Å². The van der Waals surface area contributed by atoms with E-state index in [1.165, 1.54) is 0 Å². The zero-order chi connectivity index (χ0) is 15.9. The lowest BCUT2D eigenvalue weighted by Crippen LogP contribution is -2.29. The smallest absolute Gasteiger partial charge is 0.269 e. The van der Waals surface area contributed by atoms with E-state index in [9.17, 15) is 9.59 Å². The van der Waals surface area contributed by atoms with Gasteiger partial charge in [-0.1, -0.05) is 11.6 Å². The van der Waals surface area contributed by atoms with Crippen LogP contribution in [0.1, 0.15) is 10.4 Å². The van der Waals surface area contributed by atoms with Gasteiger partial charge in [-0.2, -0.15) is 0 Å². The van der Waals surface area contributed by atoms with Crippen molar-refractivity contribution in [3.63, 3.8) is 0 Å². The normalized spacial score (nSPS) is 10.8. The van der Waals surface area contributed by atoms with Gasteiger partial charge >= 0.3 is 0 Å². The number of nitrogens with zero attached hydrogens (tertiary/aromatic N) is 1. The number of halogens is 2. The number of benzene rings is 2. The second kappa shape index (κ2) is 5.94. The van der Waals surface area contributed by atoms with E-state index in [0.717, 1.165) is 8.14 Å². The lowest BCUT2D eigenvalue weighted by Gasteiger charge is -2.07. The minimum absolute atomic E-state index is 0.0682. The Balaban J connectivity index is 2.26. The summed E-state index contributed by atoms with van der Waals surface area (Å²) in [5.41, 5.74) is 0.517. The van der Waals surface area contributed by atoms with Crippen LogP contribution in [-0.2, 0) is 0 Å². The summed E-state index contributed by atoms with van der Waals surface area (Å²) in [6.07, 6.45) is 0. The summed E-state index contributed by atoms with van der Waals surface area (Å²) in [6.45, 7) is 0. The predicted octanol–water partition coefficient (Wildman–Crippen LogP) is 4.01. The molecule has 0 aliphatic rings. The summed E-state index contributed by atoms with van der Waals surface area (Å²) in [5.74, 6) is -0.483. The highest BCUT2D eigenvalue weighted by atomic mass is 127. The third-order valence-electron chi connectivity index (χ3n) is 3.15. The molecule has 0 bridgehead atoms. The molecule has 1 N–H and O–H groups in total. The Bertz CT molecular complexity index is 1010. The average molecular weight is 443 g/mol. The summed E-state index contributed by atoms with van der Waals surface area (Å²) in [6, 6.07) is 11.7. The second-order valence-electron chi connectivity index (χ2n) is 4.57. The Morgan fingerprint density at radius 1 is 1.18 bits per heavy atom. The van der Waals surface area contributed by atoms with E-state index in [-0.39, 0.29) is 4.77 Å². The first-order chi connectivity index (χ1) is 10.5. The fourth-order valence-electron chi connectivity index (χ4n) is 2.09. The van der Waals surface area contributed by atoms with Crippen molar-refractivity contribution in [2.24, 2.45) is 0 Å². The highest BCUT2D eigenvalue weighted by molar-refractivity contribution is 14.1. The van der Waals surface area contributed by atoms with E-state index in [0.29, 0.717) is 21.5 Å². The standard InChI is InChI=1S/C15H8ClIN2O2S/c16-9-3-1-8(2-4-9)13(20)19-14(21)11-7-10(17)5-6-12(11)18-15(19)22/h1-7H,(H,18,22). The Morgan fingerprint density at radius 2 is 1.86 bits per heavy atom. The van der Waals surface area contributed by atoms with E-state index in [1.54, 1.807) is 36.4 Å². The second-order valence-corrected chi connectivity index (χ2v) is 6.64. The molecule has 1 aromatic heterocycles. The number of hydrogen-bond acceptors (Lipinski definition) is 3. The summed E-state index contributed by atoms with van der Waals surface area (Å²) in [4.78, 5) is 28.1. The fourth-order valence-corrected chi connectivity index (χ4v) is 2.99. The van der Waals surface area contributed by atoms with Crippen LogP contribution in [0.25, 0.3) is 10.9 Å². The third-order valence-corrected chi connectivity index (χ3v) is 4.36. The van der Waals surface area contributed by atoms with Gasteiger partial charge in [-0.05, 0) is 77.3 Å². The van der Waals surface area contributed by atoms with Crippen molar-refractivity contribution in [3.05, 3.63) is 71.7 Å². The van der Waals surface area contributed by atoms with E-state index in [2.05, 4.69) is 27.6 Å². The van der Waals surface area contributed by atoms with E-state index < -0.39 is 11.5 Å². The largest absolute Gasteiger partial charge is 0.331 e. The molecule has 0 saturated carbocycles. The quantitative estimate of drug-likeness (QED) is 0.458. The number of rotatable bonds is 1. The van der Waals surface area contributed by atoms with Crippen molar-refractivity contribution in [1.82, 2.24) is 9.55 Å². The molecule has 0 spiro atoms. The molecule has 0 saturated heterocycles. The Morgan fingerprint density at radius 3 is 2.55 bits per heavy atom. The molecule has 0 aliphatic carbocycles. The van der Waals surface area contributed by atoms with E-state index in [4.69, 9.17) is 23.8 Å². The fraction of sp³-hybridized carbons (Fsp3) is 0. The van der Waals surface area contributed by atoms with Gasteiger partial charge < -0.3 is 4.98 Å². The molecule has 110 valence electrons.